The molecule has 0 atom stereocenters. The van der Waals surface area contributed by atoms with Crippen molar-refractivity contribution in [1.82, 2.24) is 20.2 Å². The van der Waals surface area contributed by atoms with Gasteiger partial charge in [0.15, 0.2) is 0 Å². The van der Waals surface area contributed by atoms with E-state index in [2.05, 4.69) is 25.5 Å². The van der Waals surface area contributed by atoms with Crippen LogP contribution in [-0.2, 0) is 6.54 Å². The van der Waals surface area contributed by atoms with Crippen LogP contribution in [0.5, 0.6) is 0 Å². The zero-order valence-corrected chi connectivity index (χ0v) is 7.46. The number of anilines is 1. The van der Waals surface area contributed by atoms with Crippen molar-refractivity contribution in [1.29, 1.82) is 0 Å². The summed E-state index contributed by atoms with van der Waals surface area (Å²) in [4.78, 5) is 7.91. The maximum absolute atomic E-state index is 4.07. The number of rotatable bonds is 3. The summed E-state index contributed by atoms with van der Waals surface area (Å²) in [7, 11) is 0. The summed E-state index contributed by atoms with van der Waals surface area (Å²) < 4.78 is 0. The molecule has 0 amide bonds. The average molecular weight is 187 g/mol. The Hall–Kier alpha value is -2.04. The van der Waals surface area contributed by atoms with Crippen LogP contribution >= 0.6 is 0 Å². The van der Waals surface area contributed by atoms with Gasteiger partial charge in [0.25, 0.3) is 0 Å². The fourth-order valence-corrected chi connectivity index (χ4v) is 1.000. The monoisotopic (exact) mass is 187 g/mol. The van der Waals surface area contributed by atoms with E-state index in [0.717, 1.165) is 11.5 Å². The van der Waals surface area contributed by atoms with Crippen molar-refractivity contribution < 1.29 is 0 Å². The number of hydrogen-bond donors (Lipinski definition) is 1. The lowest BCUT2D eigenvalue weighted by atomic mass is 10.4. The Kier molecular flexibility index (Phi) is 2.61. The van der Waals surface area contributed by atoms with Gasteiger partial charge in [0.1, 0.15) is 12.1 Å². The Balaban J connectivity index is 1.96. The summed E-state index contributed by atoms with van der Waals surface area (Å²) in [6, 6.07) is 5.53. The Morgan fingerprint density at radius 3 is 2.93 bits per heavy atom. The van der Waals surface area contributed by atoms with Crippen LogP contribution in [0.3, 0.4) is 0 Å². The second-order valence-corrected chi connectivity index (χ2v) is 2.66. The summed E-state index contributed by atoms with van der Waals surface area (Å²) in [6.07, 6.45) is 4.87. The molecule has 5 nitrogen and oxygen atoms in total. The highest BCUT2D eigenvalue weighted by Gasteiger charge is 1.94. The maximum Gasteiger partial charge on any atom is 0.148 e. The number of hydrogen-bond acceptors (Lipinski definition) is 5. The summed E-state index contributed by atoms with van der Waals surface area (Å²) in [5.41, 5.74) is 0.922. The third-order valence-corrected chi connectivity index (χ3v) is 1.67. The van der Waals surface area contributed by atoms with Crippen LogP contribution in [0.2, 0.25) is 0 Å². The van der Waals surface area contributed by atoms with Gasteiger partial charge >= 0.3 is 0 Å². The third kappa shape index (κ3) is 2.22. The lowest BCUT2D eigenvalue weighted by Crippen LogP contribution is -2.03. The first-order valence-electron chi connectivity index (χ1n) is 4.21. The summed E-state index contributed by atoms with van der Waals surface area (Å²) >= 11 is 0. The second kappa shape index (κ2) is 4.27. The van der Waals surface area contributed by atoms with Crippen LogP contribution in [0, 0.1) is 0 Å². The Morgan fingerprint density at radius 2 is 2.21 bits per heavy atom. The number of nitrogens with one attached hydrogen (secondary N) is 1. The van der Waals surface area contributed by atoms with Gasteiger partial charge in [-0.3, -0.25) is 0 Å². The molecular weight excluding hydrogens is 178 g/mol. The fourth-order valence-electron chi connectivity index (χ4n) is 1.000. The van der Waals surface area contributed by atoms with Crippen molar-refractivity contribution in [3.8, 4) is 0 Å². The minimum Gasteiger partial charge on any atom is -0.363 e. The SMILES string of the molecule is c1cnnc(NCc2ccncn2)c1. The van der Waals surface area contributed by atoms with Crippen LogP contribution in [0.1, 0.15) is 5.69 Å². The molecule has 2 aromatic rings. The molecule has 0 aliphatic carbocycles. The number of nitrogens with zero attached hydrogens (tertiary/aromatic N) is 4. The smallest absolute Gasteiger partial charge is 0.148 e. The van der Waals surface area contributed by atoms with Gasteiger partial charge in [-0.2, -0.15) is 5.10 Å². The van der Waals surface area contributed by atoms with Gasteiger partial charge in [0.2, 0.25) is 0 Å². The normalized spacial score (nSPS) is 9.71. The van der Waals surface area contributed by atoms with E-state index in [1.165, 1.54) is 6.33 Å². The summed E-state index contributed by atoms with van der Waals surface area (Å²) in [5, 5.41) is 10.7. The van der Waals surface area contributed by atoms with Gasteiger partial charge in [0.05, 0.1) is 12.2 Å². The zero-order valence-electron chi connectivity index (χ0n) is 7.46. The predicted octanol–water partition coefficient (Wildman–Crippen LogP) is 0.879. The first kappa shape index (κ1) is 8.55. The molecule has 0 aliphatic heterocycles. The van der Waals surface area contributed by atoms with Gasteiger partial charge in [-0.1, -0.05) is 0 Å². The highest BCUT2D eigenvalue weighted by molar-refractivity contribution is 5.31. The summed E-state index contributed by atoms with van der Waals surface area (Å²) in [6.45, 7) is 0.626. The van der Waals surface area contributed by atoms with E-state index in [4.69, 9.17) is 0 Å². The Bertz CT molecular complexity index is 335. The molecule has 0 aliphatic rings. The Labute approximate surface area is 81.3 Å². The van der Waals surface area contributed by atoms with Gasteiger partial charge in [-0.05, 0) is 18.2 Å². The van der Waals surface area contributed by atoms with E-state index in [0.29, 0.717) is 6.54 Å². The van der Waals surface area contributed by atoms with Gasteiger partial charge in [0, 0.05) is 12.4 Å². The lowest BCUT2D eigenvalue weighted by molar-refractivity contribution is 0.964. The fraction of sp³-hybridized carbons (Fsp3) is 0.111. The standard InChI is InChI=1S/C9H9N5/c1-2-9(14-13-4-1)11-6-8-3-5-10-7-12-8/h1-5,7H,6H2,(H,11,14). The van der Waals surface area contributed by atoms with Gasteiger partial charge in [-0.15, -0.1) is 5.10 Å². The Morgan fingerprint density at radius 1 is 1.21 bits per heavy atom. The van der Waals surface area contributed by atoms with Crippen molar-refractivity contribution in [2.24, 2.45) is 0 Å². The van der Waals surface area contributed by atoms with E-state index in [-0.39, 0.29) is 0 Å². The van der Waals surface area contributed by atoms with E-state index >= 15 is 0 Å². The summed E-state index contributed by atoms with van der Waals surface area (Å²) in [5.74, 6) is 0.742. The molecule has 0 bridgehead atoms. The van der Waals surface area contributed by atoms with E-state index in [1.54, 1.807) is 12.4 Å². The molecule has 14 heavy (non-hydrogen) atoms. The molecule has 0 saturated heterocycles. The molecule has 2 heterocycles. The molecule has 0 aromatic carbocycles. The van der Waals surface area contributed by atoms with Crippen LogP contribution in [0.15, 0.2) is 36.9 Å². The van der Waals surface area contributed by atoms with E-state index < -0.39 is 0 Å². The van der Waals surface area contributed by atoms with Crippen LogP contribution in [0.25, 0.3) is 0 Å². The van der Waals surface area contributed by atoms with Crippen molar-refractivity contribution >= 4 is 5.82 Å². The topological polar surface area (TPSA) is 63.6 Å². The largest absolute Gasteiger partial charge is 0.363 e. The molecule has 2 rings (SSSR count). The molecule has 0 unspecified atom stereocenters. The molecule has 0 saturated carbocycles. The average Bonchev–Trinajstić information content (AvgIpc) is 2.29. The minimum atomic E-state index is 0.626. The minimum absolute atomic E-state index is 0.626. The molecule has 0 radical (unpaired) electrons. The van der Waals surface area contributed by atoms with Crippen molar-refractivity contribution in [2.75, 3.05) is 5.32 Å². The van der Waals surface area contributed by atoms with E-state index in [9.17, 15) is 0 Å². The third-order valence-electron chi connectivity index (χ3n) is 1.67. The quantitative estimate of drug-likeness (QED) is 0.772. The van der Waals surface area contributed by atoms with Crippen LogP contribution in [-0.4, -0.2) is 20.2 Å². The molecule has 1 N–H and O–H groups in total. The molecule has 70 valence electrons. The molecule has 0 spiro atoms. The molecule has 2 aromatic heterocycles. The second-order valence-electron chi connectivity index (χ2n) is 2.66. The van der Waals surface area contributed by atoms with Crippen LogP contribution in [0.4, 0.5) is 5.82 Å². The highest BCUT2D eigenvalue weighted by atomic mass is 15.2. The highest BCUT2D eigenvalue weighted by Crippen LogP contribution is 2.00. The van der Waals surface area contributed by atoms with Crippen molar-refractivity contribution in [3.05, 3.63) is 42.6 Å². The first-order chi connectivity index (χ1) is 6.95. The van der Waals surface area contributed by atoms with Crippen molar-refractivity contribution in [2.45, 2.75) is 6.54 Å². The number of aromatic nitrogens is 4. The molecule has 0 fully saturated rings. The first-order valence-corrected chi connectivity index (χ1v) is 4.21. The van der Waals surface area contributed by atoms with Gasteiger partial charge < -0.3 is 5.32 Å². The maximum atomic E-state index is 4.07. The lowest BCUT2D eigenvalue weighted by Gasteiger charge is -2.02. The van der Waals surface area contributed by atoms with Crippen molar-refractivity contribution in [3.63, 3.8) is 0 Å². The zero-order chi connectivity index (χ0) is 9.64. The van der Waals surface area contributed by atoms with E-state index in [1.807, 2.05) is 18.2 Å². The van der Waals surface area contributed by atoms with Crippen LogP contribution < -0.4 is 5.32 Å². The molecule has 5 heteroatoms. The predicted molar refractivity (Wildman–Crippen MR) is 51.4 cm³/mol. The molecular formula is C9H9N5. The van der Waals surface area contributed by atoms with Gasteiger partial charge in [-0.25, -0.2) is 9.97 Å².